The first-order valence-corrected chi connectivity index (χ1v) is 9.90. The average Bonchev–Trinajstić information content (AvgIpc) is 2.66. The van der Waals surface area contributed by atoms with E-state index < -0.39 is 0 Å². The summed E-state index contributed by atoms with van der Waals surface area (Å²) in [6.45, 7) is 6.91. The monoisotopic (exact) mass is 371 g/mol. The van der Waals surface area contributed by atoms with Gasteiger partial charge in [0.2, 0.25) is 0 Å². The summed E-state index contributed by atoms with van der Waals surface area (Å²) in [5.41, 5.74) is 0.108. The van der Waals surface area contributed by atoms with Crippen molar-refractivity contribution in [2.75, 3.05) is 13.2 Å². The number of carbonyl (C=O) groups is 1. The van der Waals surface area contributed by atoms with E-state index in [0.717, 1.165) is 6.42 Å². The minimum absolute atomic E-state index is 0.121. The summed E-state index contributed by atoms with van der Waals surface area (Å²) in [6, 6.07) is 7.00. The largest absolute Gasteiger partial charge is 0.376 e. The summed E-state index contributed by atoms with van der Waals surface area (Å²) in [4.78, 5) is 25.3. The Labute approximate surface area is 159 Å². The van der Waals surface area contributed by atoms with Crippen molar-refractivity contribution in [1.82, 2.24) is 15.1 Å². The molecule has 1 aliphatic carbocycles. The van der Waals surface area contributed by atoms with Gasteiger partial charge in [-0.15, -0.1) is 0 Å². The van der Waals surface area contributed by atoms with Gasteiger partial charge in [0.15, 0.2) is 5.69 Å². The number of ether oxygens (including phenoxy) is 1. The lowest BCUT2D eigenvalue weighted by Crippen LogP contribution is -2.34. The maximum Gasteiger partial charge on any atom is 0.274 e. The molecule has 0 saturated heterocycles. The van der Waals surface area contributed by atoms with Gasteiger partial charge in [0.1, 0.15) is 0 Å². The summed E-state index contributed by atoms with van der Waals surface area (Å²) < 4.78 is 7.33. The fourth-order valence-electron chi connectivity index (χ4n) is 3.71. The lowest BCUT2D eigenvalue weighted by atomic mass is 9.88. The topological polar surface area (TPSA) is 73.2 Å². The quantitative estimate of drug-likeness (QED) is 0.791. The van der Waals surface area contributed by atoms with Gasteiger partial charge in [0, 0.05) is 11.9 Å². The molecule has 2 aromatic rings. The lowest BCUT2D eigenvalue weighted by Gasteiger charge is -2.28. The second-order valence-electron chi connectivity index (χ2n) is 7.66. The van der Waals surface area contributed by atoms with Crippen molar-refractivity contribution in [3.05, 3.63) is 40.3 Å². The molecule has 1 aromatic carbocycles. The van der Waals surface area contributed by atoms with Gasteiger partial charge in [-0.3, -0.25) is 9.59 Å². The third-order valence-corrected chi connectivity index (χ3v) is 5.28. The van der Waals surface area contributed by atoms with Gasteiger partial charge >= 0.3 is 0 Å². The second-order valence-corrected chi connectivity index (χ2v) is 7.66. The van der Waals surface area contributed by atoms with Crippen LogP contribution in [0, 0.1) is 5.92 Å². The first-order chi connectivity index (χ1) is 13.0. The highest BCUT2D eigenvalue weighted by atomic mass is 16.5. The molecule has 1 saturated carbocycles. The molecule has 0 bridgehead atoms. The van der Waals surface area contributed by atoms with E-state index in [1.165, 1.54) is 23.9 Å². The highest BCUT2D eigenvalue weighted by molar-refractivity contribution is 6.04. The normalized spacial score (nSPS) is 20.1. The van der Waals surface area contributed by atoms with Crippen LogP contribution in [-0.4, -0.2) is 34.9 Å². The van der Waals surface area contributed by atoms with E-state index in [0.29, 0.717) is 29.8 Å². The van der Waals surface area contributed by atoms with Crippen LogP contribution < -0.4 is 10.9 Å². The lowest BCUT2D eigenvalue weighted by molar-refractivity contribution is -0.00295. The number of fused-ring (bicyclic) bond motifs is 1. The molecule has 1 aromatic heterocycles. The molecular weight excluding hydrogens is 342 g/mol. The molecule has 0 unspecified atom stereocenters. The first kappa shape index (κ1) is 19.5. The number of amides is 1. The second kappa shape index (κ2) is 8.65. The summed E-state index contributed by atoms with van der Waals surface area (Å²) in [6.07, 6.45) is 5.10. The van der Waals surface area contributed by atoms with Crippen molar-refractivity contribution >= 4 is 16.7 Å². The Bertz CT molecular complexity index is 859. The zero-order valence-electron chi connectivity index (χ0n) is 16.4. The number of aromatic nitrogens is 2. The smallest absolute Gasteiger partial charge is 0.274 e. The number of hydrogen-bond donors (Lipinski definition) is 1. The zero-order chi connectivity index (χ0) is 19.4. The van der Waals surface area contributed by atoms with Crippen LogP contribution in [0.5, 0.6) is 0 Å². The minimum atomic E-state index is -0.277. The molecule has 0 radical (unpaired) electrons. The Kier molecular flexibility index (Phi) is 6.26. The summed E-state index contributed by atoms with van der Waals surface area (Å²) in [5.74, 6) is 0.301. The van der Waals surface area contributed by atoms with Crippen molar-refractivity contribution in [1.29, 1.82) is 0 Å². The van der Waals surface area contributed by atoms with Gasteiger partial charge < -0.3 is 10.1 Å². The van der Waals surface area contributed by atoms with Crippen molar-refractivity contribution in [2.24, 2.45) is 5.92 Å². The van der Waals surface area contributed by atoms with E-state index in [2.05, 4.69) is 17.3 Å². The van der Waals surface area contributed by atoms with Crippen molar-refractivity contribution < 1.29 is 9.53 Å². The van der Waals surface area contributed by atoms with Crippen LogP contribution in [0.25, 0.3) is 10.8 Å². The molecule has 1 amide bonds. The third kappa shape index (κ3) is 4.38. The highest BCUT2D eigenvalue weighted by Gasteiger charge is 2.22. The SMILES string of the molecule is CC(C)n1nc(C(=O)NCCO[C@H]2CCCC[C@H]2C)c2ccccc2c1=O. The molecule has 2 atom stereocenters. The van der Waals surface area contributed by atoms with Crippen LogP contribution in [-0.2, 0) is 4.74 Å². The van der Waals surface area contributed by atoms with E-state index in [9.17, 15) is 9.59 Å². The van der Waals surface area contributed by atoms with Gasteiger partial charge in [-0.05, 0) is 38.7 Å². The van der Waals surface area contributed by atoms with Gasteiger partial charge in [0.25, 0.3) is 11.5 Å². The predicted octanol–water partition coefficient (Wildman–Crippen LogP) is 3.30. The van der Waals surface area contributed by atoms with Crippen LogP contribution in [0.2, 0.25) is 0 Å². The number of nitrogens with zero attached hydrogens (tertiary/aromatic N) is 2. The molecule has 0 spiro atoms. The standard InChI is InChI=1S/C21H29N3O3/c1-14(2)24-21(26)17-10-6-5-9-16(17)19(23-24)20(25)22-12-13-27-18-11-7-4-8-15(18)3/h5-6,9-10,14-15,18H,4,7-8,11-13H2,1-3H3,(H,22,25)/t15-,18+/m1/s1. The number of rotatable bonds is 6. The van der Waals surface area contributed by atoms with Gasteiger partial charge in [-0.25, -0.2) is 4.68 Å². The summed E-state index contributed by atoms with van der Waals surface area (Å²) in [5, 5.41) is 8.32. The van der Waals surface area contributed by atoms with E-state index in [1.807, 2.05) is 19.9 Å². The van der Waals surface area contributed by atoms with Gasteiger partial charge in [0.05, 0.1) is 24.1 Å². The Balaban J connectivity index is 1.70. The van der Waals surface area contributed by atoms with Crippen LogP contribution >= 0.6 is 0 Å². The predicted molar refractivity (Wildman–Crippen MR) is 106 cm³/mol. The Morgan fingerprint density at radius 3 is 2.67 bits per heavy atom. The molecule has 146 valence electrons. The number of hydrogen-bond acceptors (Lipinski definition) is 4. The molecule has 6 nitrogen and oxygen atoms in total. The molecule has 6 heteroatoms. The fraction of sp³-hybridized carbons (Fsp3) is 0.571. The molecule has 1 fully saturated rings. The minimum Gasteiger partial charge on any atom is -0.376 e. The fourth-order valence-corrected chi connectivity index (χ4v) is 3.71. The zero-order valence-corrected chi connectivity index (χ0v) is 16.4. The average molecular weight is 371 g/mol. The maximum atomic E-state index is 12.7. The van der Waals surface area contributed by atoms with Gasteiger partial charge in [-0.2, -0.15) is 5.10 Å². The highest BCUT2D eigenvalue weighted by Crippen LogP contribution is 2.26. The van der Waals surface area contributed by atoms with Crippen LogP contribution in [0.4, 0.5) is 0 Å². The molecule has 27 heavy (non-hydrogen) atoms. The van der Waals surface area contributed by atoms with Crippen molar-refractivity contribution in [3.8, 4) is 0 Å². The van der Waals surface area contributed by atoms with Crippen molar-refractivity contribution in [3.63, 3.8) is 0 Å². The van der Waals surface area contributed by atoms with Crippen molar-refractivity contribution in [2.45, 2.75) is 58.6 Å². The van der Waals surface area contributed by atoms with Crippen LogP contribution in [0.15, 0.2) is 29.1 Å². The number of carbonyl (C=O) groups excluding carboxylic acids is 1. The van der Waals surface area contributed by atoms with E-state index >= 15 is 0 Å². The molecule has 1 heterocycles. The number of nitrogens with one attached hydrogen (secondary N) is 1. The molecular formula is C21H29N3O3. The van der Waals surface area contributed by atoms with E-state index in [4.69, 9.17) is 4.74 Å². The summed E-state index contributed by atoms with van der Waals surface area (Å²) in [7, 11) is 0. The third-order valence-electron chi connectivity index (χ3n) is 5.28. The summed E-state index contributed by atoms with van der Waals surface area (Å²) >= 11 is 0. The Morgan fingerprint density at radius 2 is 1.96 bits per heavy atom. The Hall–Kier alpha value is -2.21. The molecule has 0 aliphatic heterocycles. The van der Waals surface area contributed by atoms with E-state index in [-0.39, 0.29) is 29.3 Å². The maximum absolute atomic E-state index is 12.7. The molecule has 3 rings (SSSR count). The van der Waals surface area contributed by atoms with Crippen LogP contribution in [0.1, 0.15) is 63.0 Å². The van der Waals surface area contributed by atoms with Gasteiger partial charge in [-0.1, -0.05) is 38.0 Å². The Morgan fingerprint density at radius 1 is 1.26 bits per heavy atom. The first-order valence-electron chi connectivity index (χ1n) is 9.90. The molecule has 1 N–H and O–H groups in total. The number of benzene rings is 1. The van der Waals surface area contributed by atoms with Crippen LogP contribution in [0.3, 0.4) is 0 Å². The molecule has 1 aliphatic rings. The van der Waals surface area contributed by atoms with E-state index in [1.54, 1.807) is 18.2 Å².